The standard InChI is InChI=1S/C22H24N4O2/c1-2-25-18-10-4-3-9-17(18)23-21(25)15-24-13-7-8-16(14-24)26-19-11-5-6-12-20(19)28-22(26)27/h3-6,9-12,16H,2,7-8,13-15H2,1H3/t16-/m0/s1. The molecule has 0 unspecified atom stereocenters. The molecule has 6 heteroatoms. The maximum Gasteiger partial charge on any atom is 0.420 e. The fourth-order valence-corrected chi connectivity index (χ4v) is 4.51. The lowest BCUT2D eigenvalue weighted by molar-refractivity contribution is 0.163. The van der Waals surface area contributed by atoms with Crippen LogP contribution in [-0.4, -0.2) is 32.1 Å². The summed E-state index contributed by atoms with van der Waals surface area (Å²) in [4.78, 5) is 19.8. The van der Waals surface area contributed by atoms with Gasteiger partial charge in [-0.3, -0.25) is 9.47 Å². The number of aromatic nitrogens is 3. The quantitative estimate of drug-likeness (QED) is 0.544. The Morgan fingerprint density at radius 3 is 2.75 bits per heavy atom. The Hall–Kier alpha value is -2.86. The third-order valence-electron chi connectivity index (χ3n) is 5.78. The predicted octanol–water partition coefficient (Wildman–Crippen LogP) is 3.80. The van der Waals surface area contributed by atoms with Gasteiger partial charge in [-0.25, -0.2) is 9.78 Å². The molecule has 1 aliphatic heterocycles. The van der Waals surface area contributed by atoms with Gasteiger partial charge in [0.15, 0.2) is 5.58 Å². The lowest BCUT2D eigenvalue weighted by Crippen LogP contribution is -2.39. The highest BCUT2D eigenvalue weighted by Crippen LogP contribution is 2.26. The van der Waals surface area contributed by atoms with E-state index in [1.54, 1.807) is 0 Å². The molecule has 5 rings (SSSR count). The van der Waals surface area contributed by atoms with E-state index in [-0.39, 0.29) is 11.8 Å². The molecule has 0 radical (unpaired) electrons. The number of hydrogen-bond acceptors (Lipinski definition) is 4. The normalized spacial score (nSPS) is 18.2. The first kappa shape index (κ1) is 17.3. The van der Waals surface area contributed by atoms with Crippen molar-refractivity contribution in [2.24, 2.45) is 0 Å². The molecule has 0 aliphatic carbocycles. The van der Waals surface area contributed by atoms with Crippen LogP contribution >= 0.6 is 0 Å². The van der Waals surface area contributed by atoms with Crippen molar-refractivity contribution < 1.29 is 4.42 Å². The van der Waals surface area contributed by atoms with Crippen LogP contribution in [0.5, 0.6) is 0 Å². The minimum Gasteiger partial charge on any atom is -0.408 e. The highest BCUT2D eigenvalue weighted by molar-refractivity contribution is 5.76. The first-order valence-corrected chi connectivity index (χ1v) is 10.0. The number of hydrogen-bond donors (Lipinski definition) is 0. The summed E-state index contributed by atoms with van der Waals surface area (Å²) >= 11 is 0. The number of imidazole rings is 1. The highest BCUT2D eigenvalue weighted by Gasteiger charge is 2.26. The van der Waals surface area contributed by atoms with Crippen molar-refractivity contribution in [2.45, 2.75) is 38.9 Å². The summed E-state index contributed by atoms with van der Waals surface area (Å²) in [6.07, 6.45) is 2.05. The van der Waals surface area contributed by atoms with Gasteiger partial charge < -0.3 is 8.98 Å². The van der Waals surface area contributed by atoms with E-state index in [2.05, 4.69) is 34.6 Å². The minimum atomic E-state index is -0.256. The van der Waals surface area contributed by atoms with E-state index >= 15 is 0 Å². The summed E-state index contributed by atoms with van der Waals surface area (Å²) in [6.45, 7) is 5.71. The Morgan fingerprint density at radius 2 is 1.89 bits per heavy atom. The average molecular weight is 376 g/mol. The molecule has 3 heterocycles. The fourth-order valence-electron chi connectivity index (χ4n) is 4.51. The number of para-hydroxylation sites is 4. The third-order valence-corrected chi connectivity index (χ3v) is 5.78. The van der Waals surface area contributed by atoms with Crippen molar-refractivity contribution >= 4 is 22.1 Å². The molecule has 2 aromatic carbocycles. The smallest absolute Gasteiger partial charge is 0.408 e. The SMILES string of the molecule is CCn1c(CN2CCC[C@H](n3c(=O)oc4ccccc43)C2)nc2ccccc21. The van der Waals surface area contributed by atoms with E-state index in [9.17, 15) is 4.79 Å². The molecule has 28 heavy (non-hydrogen) atoms. The number of likely N-dealkylation sites (tertiary alicyclic amines) is 1. The number of oxazole rings is 1. The molecule has 0 bridgehead atoms. The fraction of sp³-hybridized carbons (Fsp3) is 0.364. The van der Waals surface area contributed by atoms with Gasteiger partial charge in [-0.15, -0.1) is 0 Å². The van der Waals surface area contributed by atoms with E-state index < -0.39 is 0 Å². The van der Waals surface area contributed by atoms with Crippen LogP contribution in [0.1, 0.15) is 31.6 Å². The Bertz CT molecular complexity index is 1190. The second kappa shape index (κ2) is 6.95. The molecule has 0 saturated carbocycles. The lowest BCUT2D eigenvalue weighted by Gasteiger charge is -2.32. The molecule has 1 fully saturated rings. The molecular weight excluding hydrogens is 352 g/mol. The van der Waals surface area contributed by atoms with Crippen molar-refractivity contribution in [2.75, 3.05) is 13.1 Å². The van der Waals surface area contributed by atoms with E-state index in [0.717, 1.165) is 55.9 Å². The van der Waals surface area contributed by atoms with Gasteiger partial charge in [0.05, 0.1) is 29.1 Å². The summed E-state index contributed by atoms with van der Waals surface area (Å²) in [7, 11) is 0. The molecule has 1 aliphatic rings. The van der Waals surface area contributed by atoms with Crippen LogP contribution in [0.3, 0.4) is 0 Å². The Morgan fingerprint density at radius 1 is 1.11 bits per heavy atom. The van der Waals surface area contributed by atoms with E-state index in [0.29, 0.717) is 5.58 Å². The maximum absolute atomic E-state index is 12.5. The second-order valence-electron chi connectivity index (χ2n) is 7.50. The zero-order valence-electron chi connectivity index (χ0n) is 16.0. The molecule has 4 aromatic rings. The van der Waals surface area contributed by atoms with Crippen molar-refractivity contribution in [3.63, 3.8) is 0 Å². The van der Waals surface area contributed by atoms with Crippen molar-refractivity contribution in [1.29, 1.82) is 0 Å². The number of nitrogens with zero attached hydrogens (tertiary/aromatic N) is 4. The van der Waals surface area contributed by atoms with Gasteiger partial charge in [-0.2, -0.15) is 0 Å². The van der Waals surface area contributed by atoms with Gasteiger partial charge in [0, 0.05) is 13.1 Å². The van der Waals surface area contributed by atoms with Crippen LogP contribution in [0.15, 0.2) is 57.7 Å². The number of aryl methyl sites for hydroxylation is 1. The summed E-state index contributed by atoms with van der Waals surface area (Å²) in [5.41, 5.74) is 3.79. The van der Waals surface area contributed by atoms with Crippen LogP contribution in [0.25, 0.3) is 22.1 Å². The topological polar surface area (TPSA) is 56.2 Å². The number of benzene rings is 2. The van der Waals surface area contributed by atoms with Crippen molar-refractivity contribution in [3.8, 4) is 0 Å². The maximum atomic E-state index is 12.5. The summed E-state index contributed by atoms with van der Waals surface area (Å²) < 4.78 is 9.58. The number of piperidine rings is 1. The third kappa shape index (κ3) is 2.85. The molecule has 1 atom stereocenters. The average Bonchev–Trinajstić information content (AvgIpc) is 3.24. The van der Waals surface area contributed by atoms with Crippen LogP contribution in [-0.2, 0) is 13.1 Å². The molecule has 2 aromatic heterocycles. The lowest BCUT2D eigenvalue weighted by atomic mass is 10.1. The first-order chi connectivity index (χ1) is 13.7. The van der Waals surface area contributed by atoms with Gasteiger partial charge in [0.25, 0.3) is 0 Å². The van der Waals surface area contributed by atoms with Crippen molar-refractivity contribution in [1.82, 2.24) is 19.0 Å². The van der Waals surface area contributed by atoms with Gasteiger partial charge in [-0.05, 0) is 50.6 Å². The van der Waals surface area contributed by atoms with E-state index in [1.165, 1.54) is 5.52 Å². The highest BCUT2D eigenvalue weighted by atomic mass is 16.4. The molecule has 6 nitrogen and oxygen atoms in total. The monoisotopic (exact) mass is 376 g/mol. The van der Waals surface area contributed by atoms with Crippen LogP contribution in [0.4, 0.5) is 0 Å². The van der Waals surface area contributed by atoms with E-state index in [1.807, 2.05) is 34.9 Å². The molecule has 0 spiro atoms. The van der Waals surface area contributed by atoms with Gasteiger partial charge in [0.2, 0.25) is 0 Å². The Balaban J connectivity index is 1.44. The van der Waals surface area contributed by atoms with Gasteiger partial charge >= 0.3 is 5.76 Å². The first-order valence-electron chi connectivity index (χ1n) is 10.0. The largest absolute Gasteiger partial charge is 0.420 e. The van der Waals surface area contributed by atoms with E-state index in [4.69, 9.17) is 9.40 Å². The van der Waals surface area contributed by atoms with Crippen LogP contribution < -0.4 is 5.76 Å². The molecule has 0 amide bonds. The summed E-state index contributed by atoms with van der Waals surface area (Å²) in [5, 5.41) is 0. The zero-order valence-corrected chi connectivity index (χ0v) is 16.0. The predicted molar refractivity (Wildman–Crippen MR) is 109 cm³/mol. The Labute approximate surface area is 163 Å². The number of fused-ring (bicyclic) bond motifs is 2. The van der Waals surface area contributed by atoms with Gasteiger partial charge in [-0.1, -0.05) is 24.3 Å². The molecular formula is C22H24N4O2. The second-order valence-corrected chi connectivity index (χ2v) is 7.50. The summed E-state index contributed by atoms with van der Waals surface area (Å²) in [6, 6.07) is 16.1. The number of rotatable bonds is 4. The van der Waals surface area contributed by atoms with Gasteiger partial charge in [0.1, 0.15) is 5.82 Å². The zero-order chi connectivity index (χ0) is 19.1. The van der Waals surface area contributed by atoms with Crippen molar-refractivity contribution in [3.05, 3.63) is 64.9 Å². The summed E-state index contributed by atoms with van der Waals surface area (Å²) in [5.74, 6) is 0.836. The van der Waals surface area contributed by atoms with Crippen LogP contribution in [0.2, 0.25) is 0 Å². The molecule has 144 valence electrons. The Kier molecular flexibility index (Phi) is 4.28. The molecule has 0 N–H and O–H groups in total. The minimum absolute atomic E-state index is 0.129. The molecule has 1 saturated heterocycles. The van der Waals surface area contributed by atoms with Crippen LogP contribution in [0, 0.1) is 0 Å².